The average Bonchev–Trinajstić information content (AvgIpc) is 2.70. The summed E-state index contributed by atoms with van der Waals surface area (Å²) in [5.74, 6) is -0.808. The Kier molecular flexibility index (Phi) is 8.69. The second-order valence-electron chi connectivity index (χ2n) is 7.73. The van der Waals surface area contributed by atoms with Gasteiger partial charge in [0.25, 0.3) is 0 Å². The van der Waals surface area contributed by atoms with Gasteiger partial charge in [0.15, 0.2) is 0 Å². The van der Waals surface area contributed by atoms with Gasteiger partial charge in [0.05, 0.1) is 11.9 Å². The van der Waals surface area contributed by atoms with Crippen LogP contribution in [0.4, 0.5) is 5.69 Å². The predicted octanol–water partition coefficient (Wildman–Crippen LogP) is 3.28. The summed E-state index contributed by atoms with van der Waals surface area (Å²) in [4.78, 5) is 27.4. The van der Waals surface area contributed by atoms with Gasteiger partial charge in [0.1, 0.15) is 12.6 Å². The maximum absolute atomic E-state index is 13.4. The van der Waals surface area contributed by atoms with Crippen LogP contribution in [0.1, 0.15) is 30.5 Å². The van der Waals surface area contributed by atoms with E-state index in [-0.39, 0.29) is 12.5 Å². The van der Waals surface area contributed by atoms with Crippen LogP contribution in [0.3, 0.4) is 0 Å². The van der Waals surface area contributed by atoms with Crippen LogP contribution in [0.25, 0.3) is 0 Å². The molecule has 0 radical (unpaired) electrons. The third-order valence-electron chi connectivity index (χ3n) is 5.13. The van der Waals surface area contributed by atoms with Crippen molar-refractivity contribution in [3.8, 4) is 0 Å². The van der Waals surface area contributed by atoms with Crippen molar-refractivity contribution in [2.75, 3.05) is 23.7 Å². The predicted molar refractivity (Wildman–Crippen MR) is 128 cm³/mol. The van der Waals surface area contributed by atoms with E-state index in [0.29, 0.717) is 17.3 Å². The SMILES string of the molecule is CCNC(=O)[C@H](C)N(Cc1cccc(Cl)c1)C(=O)CN(c1c(C)cccc1C)S(C)(=O)=O. The second kappa shape index (κ2) is 10.8. The van der Waals surface area contributed by atoms with Gasteiger partial charge in [-0.2, -0.15) is 0 Å². The Bertz CT molecular complexity index is 1070. The number of amides is 2. The number of likely N-dealkylation sites (N-methyl/N-ethyl adjacent to an activating group) is 1. The summed E-state index contributed by atoms with van der Waals surface area (Å²) in [7, 11) is -3.76. The monoisotopic (exact) mass is 479 g/mol. The number of halogens is 1. The van der Waals surface area contributed by atoms with Gasteiger partial charge in [-0.15, -0.1) is 0 Å². The molecule has 2 amide bonds. The zero-order valence-electron chi connectivity index (χ0n) is 19.1. The molecule has 0 aliphatic rings. The molecule has 0 aromatic heterocycles. The smallest absolute Gasteiger partial charge is 0.244 e. The molecule has 0 fully saturated rings. The molecule has 0 bridgehead atoms. The molecule has 1 N–H and O–H groups in total. The zero-order valence-corrected chi connectivity index (χ0v) is 20.6. The van der Waals surface area contributed by atoms with Gasteiger partial charge in [-0.3, -0.25) is 13.9 Å². The molecular weight excluding hydrogens is 450 g/mol. The highest BCUT2D eigenvalue weighted by Gasteiger charge is 2.30. The molecule has 9 heteroatoms. The summed E-state index contributed by atoms with van der Waals surface area (Å²) >= 11 is 6.09. The fourth-order valence-electron chi connectivity index (χ4n) is 3.51. The topological polar surface area (TPSA) is 86.8 Å². The molecule has 0 unspecified atom stereocenters. The Morgan fingerprint density at radius 3 is 2.22 bits per heavy atom. The largest absolute Gasteiger partial charge is 0.355 e. The third kappa shape index (κ3) is 6.46. The number of nitrogens with one attached hydrogen (secondary N) is 1. The lowest BCUT2D eigenvalue weighted by molar-refractivity contribution is -0.139. The van der Waals surface area contributed by atoms with Crippen LogP contribution < -0.4 is 9.62 Å². The fraction of sp³-hybridized carbons (Fsp3) is 0.391. The number of carbonyl (C=O) groups excluding carboxylic acids is 2. The van der Waals surface area contributed by atoms with Crippen LogP contribution in [-0.4, -0.2) is 50.5 Å². The van der Waals surface area contributed by atoms with Crippen LogP contribution in [0, 0.1) is 13.8 Å². The Morgan fingerprint density at radius 2 is 1.69 bits per heavy atom. The van der Waals surface area contributed by atoms with Crippen molar-refractivity contribution in [3.63, 3.8) is 0 Å². The Morgan fingerprint density at radius 1 is 1.09 bits per heavy atom. The number of rotatable bonds is 9. The van der Waals surface area contributed by atoms with E-state index in [1.54, 1.807) is 64.1 Å². The quantitative estimate of drug-likeness (QED) is 0.598. The molecule has 174 valence electrons. The summed E-state index contributed by atoms with van der Waals surface area (Å²) in [6, 6.07) is 11.6. The minimum absolute atomic E-state index is 0.113. The van der Waals surface area contributed by atoms with Gasteiger partial charge in [0, 0.05) is 18.1 Å². The number of aryl methyl sites for hydroxylation is 2. The molecule has 0 aliphatic carbocycles. The van der Waals surface area contributed by atoms with E-state index in [4.69, 9.17) is 11.6 Å². The van der Waals surface area contributed by atoms with Crippen molar-refractivity contribution in [2.24, 2.45) is 0 Å². The molecule has 32 heavy (non-hydrogen) atoms. The van der Waals surface area contributed by atoms with Crippen molar-refractivity contribution < 1.29 is 18.0 Å². The highest BCUT2D eigenvalue weighted by atomic mass is 35.5. The normalized spacial score (nSPS) is 12.2. The highest BCUT2D eigenvalue weighted by Crippen LogP contribution is 2.27. The van der Waals surface area contributed by atoms with Crippen LogP contribution in [0.5, 0.6) is 0 Å². The van der Waals surface area contributed by atoms with E-state index in [2.05, 4.69) is 5.32 Å². The number of carbonyl (C=O) groups is 2. The van der Waals surface area contributed by atoms with Crippen molar-refractivity contribution in [2.45, 2.75) is 40.3 Å². The minimum atomic E-state index is -3.76. The lowest BCUT2D eigenvalue weighted by Gasteiger charge is -2.32. The summed E-state index contributed by atoms with van der Waals surface area (Å²) < 4.78 is 26.4. The first-order valence-electron chi connectivity index (χ1n) is 10.3. The highest BCUT2D eigenvalue weighted by molar-refractivity contribution is 7.92. The number of hydrogen-bond donors (Lipinski definition) is 1. The Labute approximate surface area is 195 Å². The lowest BCUT2D eigenvalue weighted by Crippen LogP contribution is -2.51. The molecule has 7 nitrogen and oxygen atoms in total. The van der Waals surface area contributed by atoms with Crippen LogP contribution >= 0.6 is 11.6 Å². The Balaban J connectivity index is 2.45. The number of anilines is 1. The molecule has 2 aromatic rings. The van der Waals surface area contributed by atoms with E-state index < -0.39 is 28.5 Å². The molecular formula is C23H30ClN3O4S. The lowest BCUT2D eigenvalue weighted by atomic mass is 10.1. The van der Waals surface area contributed by atoms with Crippen LogP contribution in [0.2, 0.25) is 5.02 Å². The van der Waals surface area contributed by atoms with Gasteiger partial charge in [0.2, 0.25) is 21.8 Å². The second-order valence-corrected chi connectivity index (χ2v) is 10.1. The van der Waals surface area contributed by atoms with Gasteiger partial charge < -0.3 is 10.2 Å². The molecule has 0 spiro atoms. The summed E-state index contributed by atoms with van der Waals surface area (Å²) in [5.41, 5.74) is 2.68. The zero-order chi connectivity index (χ0) is 24.1. The first-order chi connectivity index (χ1) is 15.0. The minimum Gasteiger partial charge on any atom is -0.355 e. The first kappa shape index (κ1) is 25.7. The Hall–Kier alpha value is -2.58. The molecule has 2 rings (SSSR count). The van der Waals surface area contributed by atoms with Gasteiger partial charge >= 0.3 is 0 Å². The van der Waals surface area contributed by atoms with Gasteiger partial charge in [-0.25, -0.2) is 8.42 Å². The van der Waals surface area contributed by atoms with Crippen LogP contribution in [0.15, 0.2) is 42.5 Å². The van der Waals surface area contributed by atoms with E-state index in [9.17, 15) is 18.0 Å². The van der Waals surface area contributed by atoms with Gasteiger partial charge in [-0.1, -0.05) is 41.9 Å². The molecule has 2 aromatic carbocycles. The summed E-state index contributed by atoms with van der Waals surface area (Å²) in [6.45, 7) is 7.12. The van der Waals surface area contributed by atoms with Crippen LogP contribution in [-0.2, 0) is 26.2 Å². The number of sulfonamides is 1. The van der Waals surface area contributed by atoms with Gasteiger partial charge in [-0.05, 0) is 56.5 Å². The summed E-state index contributed by atoms with van der Waals surface area (Å²) in [5, 5.41) is 3.23. The molecule has 0 saturated heterocycles. The summed E-state index contributed by atoms with van der Waals surface area (Å²) in [6.07, 6.45) is 1.07. The molecule has 1 atom stereocenters. The average molecular weight is 480 g/mol. The van der Waals surface area contributed by atoms with Crippen molar-refractivity contribution >= 4 is 39.1 Å². The van der Waals surface area contributed by atoms with E-state index >= 15 is 0 Å². The van der Waals surface area contributed by atoms with Crippen molar-refractivity contribution in [1.82, 2.24) is 10.2 Å². The number of nitrogens with zero attached hydrogens (tertiary/aromatic N) is 2. The maximum atomic E-state index is 13.4. The van der Waals surface area contributed by atoms with E-state index in [0.717, 1.165) is 27.3 Å². The first-order valence-corrected chi connectivity index (χ1v) is 12.5. The standard InChI is InChI=1S/C23H30ClN3O4S/c1-6-25-23(29)18(4)26(14-19-11-8-12-20(24)13-19)21(28)15-27(32(5,30)31)22-16(2)9-7-10-17(22)3/h7-13,18H,6,14-15H2,1-5H3,(H,25,29)/t18-/m0/s1. The molecule has 0 saturated carbocycles. The van der Waals surface area contributed by atoms with Crippen molar-refractivity contribution in [3.05, 3.63) is 64.2 Å². The van der Waals surface area contributed by atoms with E-state index in [1.165, 1.54) is 4.90 Å². The fourth-order valence-corrected chi connectivity index (χ4v) is 4.69. The number of para-hydroxylation sites is 1. The van der Waals surface area contributed by atoms with Crippen molar-refractivity contribution in [1.29, 1.82) is 0 Å². The molecule has 0 aliphatic heterocycles. The van der Waals surface area contributed by atoms with E-state index in [1.807, 2.05) is 6.07 Å². The number of hydrogen-bond acceptors (Lipinski definition) is 4. The molecule has 0 heterocycles. The third-order valence-corrected chi connectivity index (χ3v) is 6.48. The number of benzene rings is 2. The maximum Gasteiger partial charge on any atom is 0.244 e.